The van der Waals surface area contributed by atoms with Crippen LogP contribution in [-0.2, 0) is 5.54 Å². The summed E-state index contributed by atoms with van der Waals surface area (Å²) in [5, 5.41) is 2.16. The molecule has 28 heavy (non-hydrogen) atoms. The fourth-order valence-electron chi connectivity index (χ4n) is 4.10. The second-order valence-electron chi connectivity index (χ2n) is 8.53. The van der Waals surface area contributed by atoms with Gasteiger partial charge in [0, 0.05) is 22.5 Å². The molecular weight excluding hydrogens is 346 g/mol. The lowest BCUT2D eigenvalue weighted by Crippen LogP contribution is -2.22. The van der Waals surface area contributed by atoms with Crippen molar-refractivity contribution in [2.45, 2.75) is 40.2 Å². The van der Waals surface area contributed by atoms with Gasteiger partial charge in [0.15, 0.2) is 0 Å². The zero-order valence-corrected chi connectivity index (χ0v) is 16.9. The Morgan fingerprint density at radius 3 is 2.61 bits per heavy atom. The van der Waals surface area contributed by atoms with Crippen molar-refractivity contribution in [1.29, 1.82) is 0 Å². The van der Waals surface area contributed by atoms with Gasteiger partial charge in [-0.1, -0.05) is 12.1 Å². The monoisotopic (exact) mass is 369 g/mol. The number of aryl methyl sites for hydroxylation is 2. The molecule has 5 aromatic rings. The van der Waals surface area contributed by atoms with Crippen LogP contribution in [0.15, 0.2) is 53.1 Å². The Kier molecular flexibility index (Phi) is 3.45. The van der Waals surface area contributed by atoms with Crippen molar-refractivity contribution in [2.75, 3.05) is 0 Å². The number of hydrogen-bond donors (Lipinski definition) is 0. The van der Waals surface area contributed by atoms with Crippen LogP contribution in [0, 0.1) is 13.8 Å². The summed E-state index contributed by atoms with van der Waals surface area (Å²) in [4.78, 5) is 9.45. The van der Waals surface area contributed by atoms with E-state index in [-0.39, 0.29) is 5.54 Å². The van der Waals surface area contributed by atoms with E-state index in [9.17, 15) is 0 Å². The van der Waals surface area contributed by atoms with Gasteiger partial charge in [-0.3, -0.25) is 0 Å². The fraction of sp³-hybridized carbons (Fsp3) is 0.250. The van der Waals surface area contributed by atoms with Crippen LogP contribution in [0.5, 0.6) is 0 Å². The molecule has 140 valence electrons. The minimum atomic E-state index is -0.126. The standard InChI is InChI=1S/C24H23N3O/c1-14-8-11-18-19(13-14)27(24(3,4)5)22(26-18)17-10-9-15(2)20-16-7-6-12-25-23(16)28-21(17)20/h6-13H,1-5H3. The molecule has 0 radical (unpaired) electrons. The van der Waals surface area contributed by atoms with Crippen molar-refractivity contribution < 1.29 is 4.42 Å². The lowest BCUT2D eigenvalue weighted by molar-refractivity contribution is 0.413. The molecule has 5 rings (SSSR count). The molecule has 2 aromatic carbocycles. The van der Waals surface area contributed by atoms with Gasteiger partial charge >= 0.3 is 0 Å². The number of rotatable bonds is 1. The third-order valence-corrected chi connectivity index (χ3v) is 5.33. The lowest BCUT2D eigenvalue weighted by atomic mass is 10.0. The largest absolute Gasteiger partial charge is 0.437 e. The van der Waals surface area contributed by atoms with E-state index in [1.54, 1.807) is 6.20 Å². The van der Waals surface area contributed by atoms with Crippen LogP contribution in [0.4, 0.5) is 0 Å². The molecule has 0 bridgehead atoms. The maximum Gasteiger partial charge on any atom is 0.227 e. The van der Waals surface area contributed by atoms with Gasteiger partial charge in [0.25, 0.3) is 0 Å². The third-order valence-electron chi connectivity index (χ3n) is 5.33. The normalized spacial score (nSPS) is 12.5. The summed E-state index contributed by atoms with van der Waals surface area (Å²) in [6, 6.07) is 14.7. The number of furan rings is 1. The molecule has 0 spiro atoms. The smallest absolute Gasteiger partial charge is 0.227 e. The molecule has 0 aliphatic carbocycles. The Morgan fingerprint density at radius 2 is 1.82 bits per heavy atom. The van der Waals surface area contributed by atoms with Crippen molar-refractivity contribution in [3.8, 4) is 11.4 Å². The topological polar surface area (TPSA) is 43.9 Å². The summed E-state index contributed by atoms with van der Waals surface area (Å²) >= 11 is 0. The lowest BCUT2D eigenvalue weighted by Gasteiger charge is -2.25. The molecule has 0 aliphatic heterocycles. The Labute approximate surface area is 163 Å². The van der Waals surface area contributed by atoms with Gasteiger partial charge in [0.05, 0.1) is 16.6 Å². The summed E-state index contributed by atoms with van der Waals surface area (Å²) in [6.07, 6.45) is 1.77. The Hall–Kier alpha value is -3.14. The molecule has 0 saturated heterocycles. The SMILES string of the molecule is Cc1ccc2nc(-c3ccc(C)c4c3oc3ncccc34)n(C(C)(C)C)c2c1. The van der Waals surface area contributed by atoms with Crippen molar-refractivity contribution in [2.24, 2.45) is 0 Å². The van der Waals surface area contributed by atoms with E-state index in [4.69, 9.17) is 9.40 Å². The van der Waals surface area contributed by atoms with E-state index < -0.39 is 0 Å². The van der Waals surface area contributed by atoms with Gasteiger partial charge in [-0.2, -0.15) is 0 Å². The molecule has 0 atom stereocenters. The highest BCUT2D eigenvalue weighted by Gasteiger charge is 2.25. The van der Waals surface area contributed by atoms with E-state index in [0.717, 1.165) is 38.8 Å². The number of hydrogen-bond acceptors (Lipinski definition) is 3. The summed E-state index contributed by atoms with van der Waals surface area (Å²) < 4.78 is 8.56. The van der Waals surface area contributed by atoms with Crippen LogP contribution in [-0.4, -0.2) is 14.5 Å². The van der Waals surface area contributed by atoms with Gasteiger partial charge < -0.3 is 8.98 Å². The van der Waals surface area contributed by atoms with Gasteiger partial charge in [-0.05, 0) is 76.1 Å². The minimum absolute atomic E-state index is 0.126. The molecule has 0 aliphatic rings. The number of pyridine rings is 1. The van der Waals surface area contributed by atoms with Crippen LogP contribution in [0.25, 0.3) is 44.5 Å². The van der Waals surface area contributed by atoms with E-state index >= 15 is 0 Å². The van der Waals surface area contributed by atoms with Crippen LogP contribution < -0.4 is 0 Å². The molecule has 0 fully saturated rings. The number of benzene rings is 2. The van der Waals surface area contributed by atoms with Crippen molar-refractivity contribution in [3.63, 3.8) is 0 Å². The van der Waals surface area contributed by atoms with Gasteiger partial charge in [-0.15, -0.1) is 0 Å². The second kappa shape index (κ2) is 5.68. The Bertz CT molecular complexity index is 1370. The van der Waals surface area contributed by atoms with Gasteiger partial charge in [0.1, 0.15) is 11.4 Å². The van der Waals surface area contributed by atoms with Crippen LogP contribution in [0.2, 0.25) is 0 Å². The first-order valence-electron chi connectivity index (χ1n) is 9.61. The average molecular weight is 369 g/mol. The molecule has 4 heteroatoms. The highest BCUT2D eigenvalue weighted by molar-refractivity contribution is 6.10. The zero-order chi connectivity index (χ0) is 19.6. The maximum absolute atomic E-state index is 6.24. The summed E-state index contributed by atoms with van der Waals surface area (Å²) in [5.41, 5.74) is 6.95. The number of aromatic nitrogens is 3. The van der Waals surface area contributed by atoms with Crippen molar-refractivity contribution >= 4 is 33.1 Å². The van der Waals surface area contributed by atoms with E-state index in [1.807, 2.05) is 6.07 Å². The summed E-state index contributed by atoms with van der Waals surface area (Å²) in [6.45, 7) is 10.9. The summed E-state index contributed by atoms with van der Waals surface area (Å²) in [7, 11) is 0. The minimum Gasteiger partial charge on any atom is -0.437 e. The molecule has 3 aromatic heterocycles. The first kappa shape index (κ1) is 17.0. The zero-order valence-electron chi connectivity index (χ0n) is 16.9. The van der Waals surface area contributed by atoms with Gasteiger partial charge in [-0.25, -0.2) is 9.97 Å². The van der Waals surface area contributed by atoms with E-state index in [0.29, 0.717) is 5.71 Å². The Morgan fingerprint density at radius 1 is 1.00 bits per heavy atom. The molecule has 3 heterocycles. The number of imidazole rings is 1. The average Bonchev–Trinajstić information content (AvgIpc) is 3.20. The second-order valence-corrected chi connectivity index (χ2v) is 8.53. The predicted molar refractivity (Wildman–Crippen MR) is 115 cm³/mol. The fourth-order valence-corrected chi connectivity index (χ4v) is 4.10. The Balaban J connectivity index is 1.94. The molecule has 0 amide bonds. The molecule has 0 unspecified atom stereocenters. The molecule has 0 saturated carbocycles. The third kappa shape index (κ3) is 2.37. The summed E-state index contributed by atoms with van der Waals surface area (Å²) in [5.74, 6) is 0.928. The van der Waals surface area contributed by atoms with Crippen molar-refractivity contribution in [1.82, 2.24) is 14.5 Å². The molecule has 4 nitrogen and oxygen atoms in total. The first-order valence-corrected chi connectivity index (χ1v) is 9.61. The first-order chi connectivity index (χ1) is 13.3. The quantitative estimate of drug-likeness (QED) is 0.345. The van der Waals surface area contributed by atoms with Crippen LogP contribution >= 0.6 is 0 Å². The van der Waals surface area contributed by atoms with Crippen LogP contribution in [0.3, 0.4) is 0 Å². The van der Waals surface area contributed by atoms with Crippen LogP contribution in [0.1, 0.15) is 31.9 Å². The highest BCUT2D eigenvalue weighted by atomic mass is 16.3. The van der Waals surface area contributed by atoms with Crippen molar-refractivity contribution in [3.05, 3.63) is 59.8 Å². The molecule has 0 N–H and O–H groups in total. The highest BCUT2D eigenvalue weighted by Crippen LogP contribution is 2.39. The molecular formula is C24H23N3O. The van der Waals surface area contributed by atoms with Gasteiger partial charge in [0.2, 0.25) is 5.71 Å². The maximum atomic E-state index is 6.24. The van der Waals surface area contributed by atoms with E-state index in [1.165, 1.54) is 11.1 Å². The predicted octanol–water partition coefficient (Wildman–Crippen LogP) is 6.37. The number of nitrogens with zero attached hydrogens (tertiary/aromatic N) is 3. The number of fused-ring (bicyclic) bond motifs is 4. The van der Waals surface area contributed by atoms with E-state index in [2.05, 4.69) is 80.6 Å².